The monoisotopic (exact) mass is 267 g/mol. The number of nitrogens with two attached hydrogens (primary N) is 1. The van der Waals surface area contributed by atoms with E-state index < -0.39 is 21.2 Å². The van der Waals surface area contributed by atoms with Crippen molar-refractivity contribution >= 4 is 15.9 Å². The van der Waals surface area contributed by atoms with Crippen molar-refractivity contribution in [2.45, 2.75) is 18.6 Å². The van der Waals surface area contributed by atoms with Crippen LogP contribution in [-0.2, 0) is 19.6 Å². The minimum atomic E-state index is -3.52. The van der Waals surface area contributed by atoms with Crippen molar-refractivity contribution < 1.29 is 17.9 Å². The van der Waals surface area contributed by atoms with Crippen LogP contribution >= 0.6 is 0 Å². The van der Waals surface area contributed by atoms with Gasteiger partial charge in [-0.3, -0.25) is 4.79 Å². The van der Waals surface area contributed by atoms with Crippen LogP contribution in [0.4, 0.5) is 0 Å². The zero-order valence-corrected chi connectivity index (χ0v) is 11.0. The van der Waals surface area contributed by atoms with Gasteiger partial charge in [-0.05, 0) is 6.42 Å². The lowest BCUT2D eigenvalue weighted by Crippen LogP contribution is -2.43. The van der Waals surface area contributed by atoms with E-state index in [0.29, 0.717) is 19.6 Å². The Hall–Kier alpha value is -0.700. The number of amides is 1. The largest absolute Gasteiger partial charge is 0.383 e. The highest BCUT2D eigenvalue weighted by Gasteiger charge is 2.22. The van der Waals surface area contributed by atoms with Gasteiger partial charge >= 0.3 is 0 Å². The normalized spacial score (nSPS) is 13.4. The first kappa shape index (κ1) is 16.3. The molecule has 0 spiro atoms. The number of hydrogen-bond acceptors (Lipinski definition) is 5. The maximum absolute atomic E-state index is 11.6. The van der Waals surface area contributed by atoms with Crippen LogP contribution in [-0.4, -0.2) is 52.9 Å². The minimum Gasteiger partial charge on any atom is -0.383 e. The molecule has 0 aromatic heterocycles. The SMILES string of the molecule is CCC(CN)S(=O)(=O)NCC(=O)NCCOC. The highest BCUT2D eigenvalue weighted by Crippen LogP contribution is 2.01. The van der Waals surface area contributed by atoms with Crippen molar-refractivity contribution in [3.05, 3.63) is 0 Å². The molecule has 0 aliphatic carbocycles. The molecule has 0 bridgehead atoms. The highest BCUT2D eigenvalue weighted by atomic mass is 32.2. The van der Waals surface area contributed by atoms with Gasteiger partial charge in [0, 0.05) is 20.2 Å². The van der Waals surface area contributed by atoms with E-state index >= 15 is 0 Å². The van der Waals surface area contributed by atoms with Gasteiger partial charge in [0.2, 0.25) is 15.9 Å². The molecule has 8 heteroatoms. The van der Waals surface area contributed by atoms with Gasteiger partial charge in [0.05, 0.1) is 18.4 Å². The summed E-state index contributed by atoms with van der Waals surface area (Å²) in [6.45, 7) is 2.24. The fourth-order valence-electron chi connectivity index (χ4n) is 1.15. The van der Waals surface area contributed by atoms with Crippen molar-refractivity contribution in [3.8, 4) is 0 Å². The maximum Gasteiger partial charge on any atom is 0.235 e. The Balaban J connectivity index is 4.05. The van der Waals surface area contributed by atoms with E-state index in [-0.39, 0.29) is 13.1 Å². The fourth-order valence-corrected chi connectivity index (χ4v) is 2.41. The number of carbonyl (C=O) groups is 1. The molecule has 0 aliphatic rings. The fraction of sp³-hybridized carbons (Fsp3) is 0.889. The molecule has 0 aromatic rings. The van der Waals surface area contributed by atoms with Gasteiger partial charge in [0.15, 0.2) is 0 Å². The summed E-state index contributed by atoms with van der Waals surface area (Å²) in [6, 6.07) is 0. The van der Waals surface area contributed by atoms with Crippen molar-refractivity contribution in [2.75, 3.05) is 33.4 Å². The lowest BCUT2D eigenvalue weighted by molar-refractivity contribution is -0.120. The first-order chi connectivity index (χ1) is 7.97. The second-order valence-corrected chi connectivity index (χ2v) is 5.52. The molecule has 0 heterocycles. The smallest absolute Gasteiger partial charge is 0.235 e. The third-order valence-corrected chi connectivity index (χ3v) is 4.17. The molecule has 0 aliphatic heterocycles. The van der Waals surface area contributed by atoms with Gasteiger partial charge in [-0.15, -0.1) is 0 Å². The summed E-state index contributed by atoms with van der Waals surface area (Å²) in [5.41, 5.74) is 5.34. The van der Waals surface area contributed by atoms with Crippen LogP contribution in [0.15, 0.2) is 0 Å². The van der Waals surface area contributed by atoms with Crippen molar-refractivity contribution in [1.82, 2.24) is 10.0 Å². The summed E-state index contributed by atoms with van der Waals surface area (Å²) in [4.78, 5) is 11.2. The van der Waals surface area contributed by atoms with Gasteiger partial charge in [0.25, 0.3) is 0 Å². The van der Waals surface area contributed by atoms with Crippen LogP contribution in [0.5, 0.6) is 0 Å². The lowest BCUT2D eigenvalue weighted by atomic mass is 10.3. The first-order valence-corrected chi connectivity index (χ1v) is 6.96. The molecule has 0 saturated heterocycles. The summed E-state index contributed by atoms with van der Waals surface area (Å²) < 4.78 is 30.2. The zero-order chi connectivity index (χ0) is 13.3. The van der Waals surface area contributed by atoms with Gasteiger partial charge < -0.3 is 15.8 Å². The van der Waals surface area contributed by atoms with Crippen LogP contribution in [0.25, 0.3) is 0 Å². The molecular formula is C9H21N3O4S. The van der Waals surface area contributed by atoms with Crippen molar-refractivity contribution in [3.63, 3.8) is 0 Å². The predicted octanol–water partition coefficient (Wildman–Crippen LogP) is -1.59. The number of rotatable bonds is 9. The molecule has 1 atom stereocenters. The molecule has 0 rings (SSSR count). The maximum atomic E-state index is 11.6. The van der Waals surface area contributed by atoms with Gasteiger partial charge in [0.1, 0.15) is 0 Å². The quantitative estimate of drug-likeness (QED) is 0.436. The predicted molar refractivity (Wildman–Crippen MR) is 64.9 cm³/mol. The number of sulfonamides is 1. The van der Waals surface area contributed by atoms with Crippen LogP contribution < -0.4 is 15.8 Å². The molecule has 0 fully saturated rings. The molecule has 102 valence electrons. The van der Waals surface area contributed by atoms with Crippen LogP contribution in [0.2, 0.25) is 0 Å². The highest BCUT2D eigenvalue weighted by molar-refractivity contribution is 7.90. The Morgan fingerprint density at radius 1 is 1.47 bits per heavy atom. The van der Waals surface area contributed by atoms with E-state index in [1.165, 1.54) is 7.11 Å². The van der Waals surface area contributed by atoms with Crippen molar-refractivity contribution in [1.29, 1.82) is 0 Å². The van der Waals surface area contributed by atoms with E-state index in [9.17, 15) is 13.2 Å². The number of methoxy groups -OCH3 is 1. The second kappa shape index (κ2) is 8.40. The number of ether oxygens (including phenoxy) is 1. The summed E-state index contributed by atoms with van der Waals surface area (Å²) in [7, 11) is -2.00. The Kier molecular flexibility index (Phi) is 8.05. The second-order valence-electron chi connectivity index (χ2n) is 3.47. The number of hydrogen-bond donors (Lipinski definition) is 3. The van der Waals surface area contributed by atoms with Gasteiger partial charge in [-0.2, -0.15) is 0 Å². The summed E-state index contributed by atoms with van der Waals surface area (Å²) >= 11 is 0. The molecule has 4 N–H and O–H groups in total. The van der Waals surface area contributed by atoms with E-state index in [1.54, 1.807) is 6.92 Å². The molecule has 1 unspecified atom stereocenters. The molecule has 1 amide bonds. The van der Waals surface area contributed by atoms with Gasteiger partial charge in [-0.1, -0.05) is 6.92 Å². The molecule has 7 nitrogen and oxygen atoms in total. The lowest BCUT2D eigenvalue weighted by Gasteiger charge is -2.14. The number of nitrogens with one attached hydrogen (secondary N) is 2. The average molecular weight is 267 g/mol. The topological polar surface area (TPSA) is 111 Å². The summed E-state index contributed by atoms with van der Waals surface area (Å²) in [6.07, 6.45) is 0.414. The third kappa shape index (κ3) is 6.57. The molecule has 0 saturated carbocycles. The standard InChI is InChI=1S/C9H21N3O4S/c1-3-8(6-10)17(14,15)12-7-9(13)11-4-5-16-2/h8,12H,3-7,10H2,1-2H3,(H,11,13). The number of carbonyl (C=O) groups excluding carboxylic acids is 1. The Bertz CT molecular complexity index is 314. The third-order valence-electron chi connectivity index (χ3n) is 2.22. The van der Waals surface area contributed by atoms with E-state index in [2.05, 4.69) is 10.0 Å². The van der Waals surface area contributed by atoms with E-state index in [4.69, 9.17) is 10.5 Å². The van der Waals surface area contributed by atoms with E-state index in [0.717, 1.165) is 0 Å². The summed E-state index contributed by atoms with van der Waals surface area (Å²) in [5, 5.41) is 1.85. The molecule has 17 heavy (non-hydrogen) atoms. The van der Waals surface area contributed by atoms with E-state index in [1.807, 2.05) is 0 Å². The van der Waals surface area contributed by atoms with Gasteiger partial charge in [-0.25, -0.2) is 13.1 Å². The molecule has 0 radical (unpaired) electrons. The summed E-state index contributed by atoms with van der Waals surface area (Å²) in [5.74, 6) is -0.391. The minimum absolute atomic E-state index is 0.0388. The van der Waals surface area contributed by atoms with Crippen LogP contribution in [0.3, 0.4) is 0 Å². The van der Waals surface area contributed by atoms with Crippen LogP contribution in [0.1, 0.15) is 13.3 Å². The Morgan fingerprint density at radius 3 is 2.59 bits per heavy atom. The van der Waals surface area contributed by atoms with Crippen molar-refractivity contribution in [2.24, 2.45) is 5.73 Å². The molecular weight excluding hydrogens is 246 g/mol. The Morgan fingerprint density at radius 2 is 2.12 bits per heavy atom. The molecule has 0 aromatic carbocycles. The zero-order valence-electron chi connectivity index (χ0n) is 10.2. The first-order valence-electron chi connectivity index (χ1n) is 5.42. The average Bonchev–Trinajstić information content (AvgIpc) is 2.28. The van der Waals surface area contributed by atoms with Crippen LogP contribution in [0, 0.1) is 0 Å². The Labute approximate surface area is 102 Å².